The number of alkyl halides is 4. The first kappa shape index (κ1) is 42.1. The van der Waals surface area contributed by atoms with Crippen molar-refractivity contribution < 1.29 is 18.9 Å². The highest BCUT2D eigenvalue weighted by Gasteiger charge is 2.31. The summed E-state index contributed by atoms with van der Waals surface area (Å²) in [4.78, 5) is 0. The molecule has 0 aromatic heterocycles. The monoisotopic (exact) mass is 1010 g/mol. The lowest BCUT2D eigenvalue weighted by molar-refractivity contribution is 0.238. The van der Waals surface area contributed by atoms with Gasteiger partial charge in [0.2, 0.25) is 0 Å². The zero-order valence-corrected chi connectivity index (χ0v) is 39.7. The van der Waals surface area contributed by atoms with E-state index in [9.17, 15) is 0 Å². The van der Waals surface area contributed by atoms with Crippen molar-refractivity contribution in [3.8, 4) is 23.0 Å². The van der Waals surface area contributed by atoms with Crippen molar-refractivity contribution in [2.45, 2.75) is 150 Å². The maximum absolute atomic E-state index is 7.01. The van der Waals surface area contributed by atoms with E-state index < -0.39 is 0 Å². The molecule has 56 heavy (non-hydrogen) atoms. The molecule has 0 saturated carbocycles. The lowest BCUT2D eigenvalue weighted by atomic mass is 9.82. The summed E-state index contributed by atoms with van der Waals surface area (Å²) >= 11 is 15.8. The van der Waals surface area contributed by atoms with Gasteiger partial charge >= 0.3 is 0 Å². The number of halogens is 4. The highest BCUT2D eigenvalue weighted by atomic mass is 79.9. The average Bonchev–Trinajstić information content (AvgIpc) is 3.19. The van der Waals surface area contributed by atoms with Crippen LogP contribution in [0.4, 0.5) is 0 Å². The summed E-state index contributed by atoms with van der Waals surface area (Å²) in [6.07, 6.45) is 17.4. The summed E-state index contributed by atoms with van der Waals surface area (Å²) in [6, 6.07) is 18.1. The topological polar surface area (TPSA) is 36.9 Å². The van der Waals surface area contributed by atoms with Crippen molar-refractivity contribution in [1.29, 1.82) is 0 Å². The molecule has 300 valence electrons. The van der Waals surface area contributed by atoms with Crippen molar-refractivity contribution in [3.63, 3.8) is 0 Å². The minimum absolute atomic E-state index is 0.141. The van der Waals surface area contributed by atoms with E-state index in [4.69, 9.17) is 18.9 Å². The Kier molecular flexibility index (Phi) is 14.6. The molecule has 8 heteroatoms. The van der Waals surface area contributed by atoms with Gasteiger partial charge in [0.1, 0.15) is 0 Å². The van der Waals surface area contributed by atoms with Gasteiger partial charge in [-0.1, -0.05) is 103 Å². The summed E-state index contributed by atoms with van der Waals surface area (Å²) < 4.78 is 28.0. The van der Waals surface area contributed by atoms with E-state index in [1.54, 1.807) is 0 Å². The minimum Gasteiger partial charge on any atom is -0.475 e. The Morgan fingerprint density at radius 2 is 0.571 bits per heavy atom. The van der Waals surface area contributed by atoms with Crippen LogP contribution in [0, 0.1) is 0 Å². The van der Waals surface area contributed by atoms with Gasteiger partial charge in [-0.3, -0.25) is 0 Å². The number of ether oxygens (including phenoxy) is 4. The van der Waals surface area contributed by atoms with Crippen LogP contribution in [0.3, 0.4) is 0 Å². The van der Waals surface area contributed by atoms with E-state index in [0.29, 0.717) is 0 Å². The van der Waals surface area contributed by atoms with Crippen molar-refractivity contribution in [2.24, 2.45) is 0 Å². The van der Waals surface area contributed by atoms with Gasteiger partial charge in [-0.15, -0.1) is 0 Å². The lowest BCUT2D eigenvalue weighted by Crippen LogP contribution is -2.14. The van der Waals surface area contributed by atoms with E-state index in [0.717, 1.165) is 95.9 Å². The molecule has 4 atom stereocenters. The van der Waals surface area contributed by atoms with Crippen LogP contribution in [-0.2, 0) is 0 Å². The highest BCUT2D eigenvalue weighted by Crippen LogP contribution is 2.58. The number of unbranched alkanes of at least 4 members (excludes halogenated alkanes) is 8. The molecule has 0 aliphatic rings. The average molecular weight is 1020 g/mol. The Balaban J connectivity index is 1.53. The second kappa shape index (κ2) is 19.4. The third kappa shape index (κ3) is 8.52. The Hall–Kier alpha value is -2.00. The molecule has 7 aromatic rings. The molecule has 4 nitrogen and oxygen atoms in total. The van der Waals surface area contributed by atoms with Crippen molar-refractivity contribution in [2.75, 3.05) is 0 Å². The second-order valence-corrected chi connectivity index (χ2v) is 19.6. The fourth-order valence-corrected chi connectivity index (χ4v) is 10.6. The summed E-state index contributed by atoms with van der Waals surface area (Å²) in [5.74, 6) is 3.23. The van der Waals surface area contributed by atoms with Crippen LogP contribution in [0.15, 0.2) is 48.5 Å². The Morgan fingerprint density at radius 1 is 0.339 bits per heavy atom. The fourth-order valence-electron chi connectivity index (χ4n) is 8.56. The SMILES string of the molecule is CCCCCC(Br)Oc1c(OC(Br)CCCCC)c2ccc3ccc4c(OC(Br)CCCCC)c(OC(Br)CCCCC)c5ccc6ccc1c1c6c5c4c3c21. The van der Waals surface area contributed by atoms with Crippen LogP contribution in [0.2, 0.25) is 0 Å². The first-order valence-electron chi connectivity index (χ1n) is 21.2. The lowest BCUT2D eigenvalue weighted by Gasteiger charge is -2.28. The van der Waals surface area contributed by atoms with Crippen LogP contribution in [-0.4, -0.2) is 20.1 Å². The molecule has 0 fully saturated rings. The second-order valence-electron chi connectivity index (χ2n) is 15.6. The Morgan fingerprint density at radius 3 is 0.786 bits per heavy atom. The van der Waals surface area contributed by atoms with Crippen LogP contribution in [0.5, 0.6) is 23.0 Å². The predicted octanol–water partition coefficient (Wildman–Crippen LogP) is 17.6. The first-order chi connectivity index (χ1) is 27.3. The molecule has 0 aliphatic heterocycles. The predicted molar refractivity (Wildman–Crippen MR) is 255 cm³/mol. The summed E-state index contributed by atoms with van der Waals surface area (Å²) in [6.45, 7) is 8.97. The molecule has 7 aromatic carbocycles. The quantitative estimate of drug-likeness (QED) is 0.0262. The summed E-state index contributed by atoms with van der Waals surface area (Å²) in [5.41, 5.74) is 0. The molecule has 0 saturated heterocycles. The summed E-state index contributed by atoms with van der Waals surface area (Å²) in [5, 5.41) is 13.5. The molecule has 0 amide bonds. The van der Waals surface area contributed by atoms with E-state index in [2.05, 4.69) is 140 Å². The number of hydrogen-bond donors (Lipinski definition) is 0. The third-order valence-electron chi connectivity index (χ3n) is 11.4. The van der Waals surface area contributed by atoms with Gasteiger partial charge in [-0.05, 0) is 161 Å². The third-order valence-corrected chi connectivity index (χ3v) is 14.0. The summed E-state index contributed by atoms with van der Waals surface area (Å²) in [7, 11) is 0. The number of hydrogen-bond acceptors (Lipinski definition) is 4. The number of rotatable bonds is 24. The van der Waals surface area contributed by atoms with Crippen LogP contribution in [0.1, 0.15) is 130 Å². The van der Waals surface area contributed by atoms with Gasteiger partial charge in [0, 0.05) is 43.1 Å². The maximum atomic E-state index is 7.01. The van der Waals surface area contributed by atoms with Crippen LogP contribution < -0.4 is 18.9 Å². The van der Waals surface area contributed by atoms with Crippen molar-refractivity contribution >= 4 is 128 Å². The largest absolute Gasteiger partial charge is 0.475 e. The van der Waals surface area contributed by atoms with Gasteiger partial charge in [0.05, 0.1) is 0 Å². The van der Waals surface area contributed by atoms with Gasteiger partial charge < -0.3 is 18.9 Å². The first-order valence-corrected chi connectivity index (χ1v) is 24.9. The van der Waals surface area contributed by atoms with Gasteiger partial charge in [0.15, 0.2) is 43.1 Å². The molecular weight excluding hydrogens is 960 g/mol. The van der Waals surface area contributed by atoms with E-state index in [1.807, 2.05) is 0 Å². The zero-order valence-electron chi connectivity index (χ0n) is 33.4. The van der Waals surface area contributed by atoms with Crippen LogP contribution in [0.25, 0.3) is 64.6 Å². The molecule has 4 unspecified atom stereocenters. The molecule has 0 radical (unpaired) electrons. The smallest absolute Gasteiger partial charge is 0.171 e. The number of benzene rings is 7. The van der Waals surface area contributed by atoms with Gasteiger partial charge in [-0.25, -0.2) is 0 Å². The normalized spacial score (nSPS) is 14.6. The van der Waals surface area contributed by atoms with Crippen LogP contribution >= 0.6 is 63.7 Å². The Bertz CT molecular complexity index is 2010. The van der Waals surface area contributed by atoms with Gasteiger partial charge in [-0.2, -0.15) is 0 Å². The molecule has 0 aliphatic carbocycles. The zero-order chi connectivity index (χ0) is 39.3. The molecule has 0 N–H and O–H groups in total. The van der Waals surface area contributed by atoms with E-state index in [1.165, 1.54) is 94.5 Å². The fraction of sp³-hybridized carbons (Fsp3) is 0.500. The highest BCUT2D eigenvalue weighted by molar-refractivity contribution is 9.10. The molecule has 0 bridgehead atoms. The van der Waals surface area contributed by atoms with Gasteiger partial charge in [0.25, 0.3) is 0 Å². The molecule has 0 spiro atoms. The van der Waals surface area contributed by atoms with E-state index >= 15 is 0 Å². The molecular formula is C48H56Br4O4. The maximum Gasteiger partial charge on any atom is 0.171 e. The van der Waals surface area contributed by atoms with Crippen molar-refractivity contribution in [3.05, 3.63) is 48.5 Å². The molecule has 0 heterocycles. The molecule has 7 rings (SSSR count). The standard InChI is InChI=1S/C48H56Br4O4/c1-5-9-13-17-35(49)53-45-31-25-21-29-23-27-33-43-39(29)41(31)42-32(46(45)54-36(50)18-14-10-6-2)26-22-30-24-28-34(44(43)40(30)42)48(56-38(52)20-16-12-8-4)47(33)55-37(51)19-15-11-7-3/h21-28,35-38H,5-20H2,1-4H3. The van der Waals surface area contributed by atoms with E-state index in [-0.39, 0.29) is 20.1 Å². The Labute approximate surface area is 366 Å². The van der Waals surface area contributed by atoms with Crippen molar-refractivity contribution in [1.82, 2.24) is 0 Å². The minimum atomic E-state index is -0.141.